The smallest absolute Gasteiger partial charge is 0.326 e. The maximum Gasteiger partial charge on any atom is 0.326 e. The van der Waals surface area contributed by atoms with Crippen molar-refractivity contribution < 1.29 is 19.8 Å². The monoisotopic (exact) mass is 462 g/mol. The summed E-state index contributed by atoms with van der Waals surface area (Å²) in [5.41, 5.74) is 0.553. The number of aliphatic carboxylic acids is 1. The van der Waals surface area contributed by atoms with Gasteiger partial charge in [-0.2, -0.15) is 5.10 Å². The van der Waals surface area contributed by atoms with Gasteiger partial charge in [0.1, 0.15) is 11.8 Å². The number of benzene rings is 1. The number of aryl methyl sites for hydroxylation is 1. The molecule has 0 bridgehead atoms. The van der Waals surface area contributed by atoms with Crippen LogP contribution in [-0.4, -0.2) is 42.9 Å². The molecule has 2 aromatic heterocycles. The van der Waals surface area contributed by atoms with Gasteiger partial charge in [-0.3, -0.25) is 14.6 Å². The number of nitrogens with one attached hydrogen (secondary N) is 1. The minimum atomic E-state index is -1.26. The highest BCUT2D eigenvalue weighted by Gasteiger charge is 2.24. The van der Waals surface area contributed by atoms with Crippen LogP contribution in [0.3, 0.4) is 0 Å². The summed E-state index contributed by atoms with van der Waals surface area (Å²) < 4.78 is 1.09. The molecule has 3 N–H and O–H groups in total. The van der Waals surface area contributed by atoms with E-state index in [2.05, 4.69) is 15.4 Å². The van der Waals surface area contributed by atoms with Crippen LogP contribution in [0.5, 0.6) is 5.75 Å². The van der Waals surface area contributed by atoms with Gasteiger partial charge in [-0.1, -0.05) is 47.5 Å². The second kappa shape index (κ2) is 9.15. The van der Waals surface area contributed by atoms with E-state index in [0.29, 0.717) is 11.1 Å². The Kier molecular flexibility index (Phi) is 6.57. The molecule has 1 amide bonds. The fourth-order valence-corrected chi connectivity index (χ4v) is 3.44. The number of rotatable bonds is 6. The first-order valence-corrected chi connectivity index (χ1v) is 9.62. The van der Waals surface area contributed by atoms with Crippen molar-refractivity contribution in [1.82, 2.24) is 20.1 Å². The Morgan fingerprint density at radius 2 is 1.74 bits per heavy atom. The first-order chi connectivity index (χ1) is 14.7. The topological polar surface area (TPSA) is 134 Å². The number of nitrogens with zero attached hydrogens (tertiary/aromatic N) is 3. The summed E-state index contributed by atoms with van der Waals surface area (Å²) in [7, 11) is 1.46. The van der Waals surface area contributed by atoms with Gasteiger partial charge < -0.3 is 15.5 Å². The number of hydrogen-bond acceptors (Lipinski definition) is 6. The van der Waals surface area contributed by atoms with Gasteiger partial charge in [-0.15, -0.1) is 0 Å². The van der Waals surface area contributed by atoms with Crippen molar-refractivity contribution in [2.24, 2.45) is 7.05 Å². The second-order valence-corrected chi connectivity index (χ2v) is 7.39. The number of amides is 1. The van der Waals surface area contributed by atoms with Gasteiger partial charge in [0.15, 0.2) is 0 Å². The summed E-state index contributed by atoms with van der Waals surface area (Å²) >= 11 is 11.9. The third-order valence-electron chi connectivity index (χ3n) is 4.48. The van der Waals surface area contributed by atoms with Crippen molar-refractivity contribution >= 4 is 35.1 Å². The molecule has 1 atom stereocenters. The number of carboxylic acid groups (broad SMARTS) is 1. The fourth-order valence-electron chi connectivity index (χ4n) is 2.90. The van der Waals surface area contributed by atoms with E-state index in [9.17, 15) is 24.6 Å². The molecule has 1 aromatic carbocycles. The average Bonchev–Trinajstić information content (AvgIpc) is 2.71. The van der Waals surface area contributed by atoms with Crippen LogP contribution >= 0.6 is 23.2 Å². The van der Waals surface area contributed by atoms with Gasteiger partial charge in [-0.05, 0) is 11.1 Å². The van der Waals surface area contributed by atoms with Crippen LogP contribution in [0, 0.1) is 0 Å². The molecule has 0 aliphatic heterocycles. The number of carbonyl (C=O) groups is 2. The lowest BCUT2D eigenvalue weighted by Crippen LogP contribution is -2.42. The number of hydrogen-bond donors (Lipinski definition) is 3. The summed E-state index contributed by atoms with van der Waals surface area (Å²) in [6.07, 6.45) is 3.59. The van der Waals surface area contributed by atoms with Gasteiger partial charge in [0.05, 0.1) is 27.4 Å². The number of aromatic nitrogens is 3. The van der Waals surface area contributed by atoms with Crippen molar-refractivity contribution in [3.8, 4) is 16.9 Å². The van der Waals surface area contributed by atoms with Crippen LogP contribution in [0.4, 0.5) is 0 Å². The molecule has 2 heterocycles. The molecule has 1 unspecified atom stereocenters. The standard InChI is InChI=1S/C20H16Cl2N4O5/c1-26-19(29)16(15(27)9-24-26)11-4-2-10(3-5-11)6-14(20(30)31)25-18(28)17-12(21)7-23-8-13(17)22/h2-5,7-9,14,27H,6H2,1H3,(H,25,28)(H,30,31). The zero-order valence-electron chi connectivity index (χ0n) is 16.0. The molecule has 0 aliphatic rings. The van der Waals surface area contributed by atoms with Crippen molar-refractivity contribution in [2.45, 2.75) is 12.5 Å². The van der Waals surface area contributed by atoms with E-state index in [1.165, 1.54) is 19.4 Å². The van der Waals surface area contributed by atoms with E-state index in [0.717, 1.165) is 10.9 Å². The first-order valence-electron chi connectivity index (χ1n) is 8.86. The van der Waals surface area contributed by atoms with E-state index in [1.807, 2.05) is 0 Å². The van der Waals surface area contributed by atoms with E-state index >= 15 is 0 Å². The van der Waals surface area contributed by atoms with Crippen molar-refractivity contribution in [2.75, 3.05) is 0 Å². The molecule has 11 heteroatoms. The highest BCUT2D eigenvalue weighted by atomic mass is 35.5. The molecule has 0 saturated heterocycles. The Morgan fingerprint density at radius 1 is 1.13 bits per heavy atom. The molecule has 0 radical (unpaired) electrons. The third kappa shape index (κ3) is 4.84. The van der Waals surface area contributed by atoms with Crippen LogP contribution in [0.1, 0.15) is 15.9 Å². The summed E-state index contributed by atoms with van der Waals surface area (Å²) in [6, 6.07) is 5.08. The van der Waals surface area contributed by atoms with Crippen LogP contribution in [0.2, 0.25) is 10.0 Å². The van der Waals surface area contributed by atoms with Crippen LogP contribution in [-0.2, 0) is 18.3 Å². The zero-order valence-corrected chi connectivity index (χ0v) is 17.6. The highest BCUT2D eigenvalue weighted by molar-refractivity contribution is 6.39. The SMILES string of the molecule is Cn1ncc(O)c(-c2ccc(CC(NC(=O)c3c(Cl)cncc3Cl)C(=O)O)cc2)c1=O. The lowest BCUT2D eigenvalue weighted by Gasteiger charge is -2.16. The maximum absolute atomic E-state index is 12.5. The predicted molar refractivity (Wildman–Crippen MR) is 113 cm³/mol. The first kappa shape index (κ1) is 22.3. The van der Waals surface area contributed by atoms with E-state index in [4.69, 9.17) is 23.2 Å². The largest absolute Gasteiger partial charge is 0.505 e. The Labute approximate surface area is 185 Å². The van der Waals surface area contributed by atoms with Crippen LogP contribution in [0.25, 0.3) is 11.1 Å². The fraction of sp³-hybridized carbons (Fsp3) is 0.150. The van der Waals surface area contributed by atoms with E-state index in [1.54, 1.807) is 24.3 Å². The molecular weight excluding hydrogens is 447 g/mol. The third-order valence-corrected chi connectivity index (χ3v) is 5.06. The zero-order chi connectivity index (χ0) is 22.7. The number of carbonyl (C=O) groups excluding carboxylic acids is 1. The molecule has 0 saturated carbocycles. The lowest BCUT2D eigenvalue weighted by molar-refractivity contribution is -0.139. The summed E-state index contributed by atoms with van der Waals surface area (Å²) in [6.45, 7) is 0. The molecule has 9 nitrogen and oxygen atoms in total. The average molecular weight is 463 g/mol. The summed E-state index contributed by atoms with van der Waals surface area (Å²) in [4.78, 5) is 40.2. The Hall–Kier alpha value is -3.43. The van der Waals surface area contributed by atoms with Crippen molar-refractivity contribution in [3.05, 3.63) is 74.4 Å². The highest BCUT2D eigenvalue weighted by Crippen LogP contribution is 2.25. The van der Waals surface area contributed by atoms with Crippen LogP contribution in [0.15, 0.2) is 47.7 Å². The molecule has 160 valence electrons. The van der Waals surface area contributed by atoms with Crippen molar-refractivity contribution in [1.29, 1.82) is 0 Å². The van der Waals surface area contributed by atoms with Gasteiger partial charge >= 0.3 is 5.97 Å². The molecule has 31 heavy (non-hydrogen) atoms. The molecule has 3 aromatic rings. The predicted octanol–water partition coefficient (Wildman–Crippen LogP) is 2.28. The van der Waals surface area contributed by atoms with Gasteiger partial charge in [0.25, 0.3) is 11.5 Å². The number of pyridine rings is 1. The number of carboxylic acids is 1. The van der Waals surface area contributed by atoms with Gasteiger partial charge in [-0.25, -0.2) is 9.48 Å². The number of aromatic hydroxyl groups is 1. The quantitative estimate of drug-likeness (QED) is 0.511. The summed E-state index contributed by atoms with van der Waals surface area (Å²) in [5.74, 6) is -2.26. The van der Waals surface area contributed by atoms with E-state index in [-0.39, 0.29) is 33.3 Å². The summed E-state index contributed by atoms with van der Waals surface area (Å²) in [5, 5.41) is 25.6. The van der Waals surface area contributed by atoms with Crippen molar-refractivity contribution in [3.63, 3.8) is 0 Å². The lowest BCUT2D eigenvalue weighted by atomic mass is 10.0. The Balaban J connectivity index is 1.82. The Bertz CT molecular complexity index is 1190. The Morgan fingerprint density at radius 3 is 2.32 bits per heavy atom. The van der Waals surface area contributed by atoms with Gasteiger partial charge in [0, 0.05) is 25.9 Å². The maximum atomic E-state index is 12.5. The normalized spacial score (nSPS) is 11.7. The molecule has 0 spiro atoms. The molecule has 0 fully saturated rings. The second-order valence-electron chi connectivity index (χ2n) is 6.58. The minimum absolute atomic E-state index is 0.00256. The molecule has 0 aliphatic carbocycles. The number of halogens is 2. The van der Waals surface area contributed by atoms with Crippen LogP contribution < -0.4 is 10.9 Å². The van der Waals surface area contributed by atoms with Gasteiger partial charge in [0.2, 0.25) is 0 Å². The van der Waals surface area contributed by atoms with E-state index < -0.39 is 23.5 Å². The molecular formula is C20H16Cl2N4O5. The minimum Gasteiger partial charge on any atom is -0.505 e. The molecule has 3 rings (SSSR count).